The van der Waals surface area contributed by atoms with E-state index in [2.05, 4.69) is 68.0 Å². The lowest BCUT2D eigenvalue weighted by molar-refractivity contribution is 0.879. The molecule has 0 atom stereocenters. The lowest BCUT2D eigenvalue weighted by atomic mass is 9.94. The molecule has 2 aromatic heterocycles. The highest BCUT2D eigenvalue weighted by Crippen LogP contribution is 2.27. The lowest BCUT2D eigenvalue weighted by Gasteiger charge is -2.14. The van der Waals surface area contributed by atoms with Gasteiger partial charge in [0, 0.05) is 23.5 Å². The zero-order valence-electron chi connectivity index (χ0n) is 15.1. The number of fused-ring (bicyclic) bond motifs is 1. The Morgan fingerprint density at radius 2 is 1.88 bits per heavy atom. The van der Waals surface area contributed by atoms with Crippen LogP contribution >= 0.6 is 0 Å². The second-order valence-corrected chi connectivity index (χ2v) is 6.61. The maximum absolute atomic E-state index is 4.82. The molecule has 0 bridgehead atoms. The minimum absolute atomic E-state index is 0.837. The van der Waals surface area contributed by atoms with Crippen LogP contribution < -0.4 is 0 Å². The summed E-state index contributed by atoms with van der Waals surface area (Å²) in [4.78, 5) is 4.82. The molecular formula is C23H21N3. The smallest absolute Gasteiger partial charge is 0.0711 e. The fourth-order valence-electron chi connectivity index (χ4n) is 3.42. The predicted octanol–water partition coefficient (Wildman–Crippen LogP) is 5.27. The average molecular weight is 339 g/mol. The van der Waals surface area contributed by atoms with Gasteiger partial charge in [0.1, 0.15) is 0 Å². The van der Waals surface area contributed by atoms with E-state index in [0.29, 0.717) is 0 Å². The summed E-state index contributed by atoms with van der Waals surface area (Å²) in [6, 6.07) is 16.8. The van der Waals surface area contributed by atoms with E-state index in [1.165, 1.54) is 27.6 Å². The molecule has 0 aliphatic carbocycles. The van der Waals surface area contributed by atoms with Crippen molar-refractivity contribution in [1.29, 1.82) is 0 Å². The highest BCUT2D eigenvalue weighted by molar-refractivity contribution is 5.90. The SMILES string of the molecule is C=Cc1c(Cc2ccc(-n3cccn3)cc2)c(C)nc2ccc(C)cc12. The second kappa shape index (κ2) is 6.60. The molecular weight excluding hydrogens is 318 g/mol. The van der Waals surface area contributed by atoms with Crippen molar-refractivity contribution >= 4 is 17.0 Å². The molecule has 0 aliphatic rings. The Morgan fingerprint density at radius 3 is 2.58 bits per heavy atom. The number of aromatic nitrogens is 3. The molecule has 2 heterocycles. The number of rotatable bonds is 4. The summed E-state index contributed by atoms with van der Waals surface area (Å²) in [6.45, 7) is 8.26. The van der Waals surface area contributed by atoms with E-state index in [4.69, 9.17) is 4.98 Å². The Labute approximate surface area is 153 Å². The summed E-state index contributed by atoms with van der Waals surface area (Å²) in [5.41, 5.74) is 8.07. The number of pyridine rings is 1. The van der Waals surface area contributed by atoms with E-state index in [9.17, 15) is 0 Å². The molecule has 3 nitrogen and oxygen atoms in total. The molecule has 0 spiro atoms. The molecule has 0 radical (unpaired) electrons. The van der Waals surface area contributed by atoms with Crippen LogP contribution in [0.3, 0.4) is 0 Å². The molecule has 0 fully saturated rings. The van der Waals surface area contributed by atoms with Crippen LogP contribution in [0.15, 0.2) is 67.5 Å². The number of hydrogen-bond acceptors (Lipinski definition) is 2. The first-order valence-corrected chi connectivity index (χ1v) is 8.77. The zero-order chi connectivity index (χ0) is 18.1. The minimum atomic E-state index is 0.837. The fourth-order valence-corrected chi connectivity index (χ4v) is 3.42. The van der Waals surface area contributed by atoms with E-state index in [1.54, 1.807) is 6.20 Å². The first-order valence-electron chi connectivity index (χ1n) is 8.77. The average Bonchev–Trinajstić information content (AvgIpc) is 3.18. The number of aryl methyl sites for hydroxylation is 2. The van der Waals surface area contributed by atoms with Crippen molar-refractivity contribution in [1.82, 2.24) is 14.8 Å². The van der Waals surface area contributed by atoms with Crippen LogP contribution in [0.4, 0.5) is 0 Å². The molecule has 128 valence electrons. The highest BCUT2D eigenvalue weighted by atomic mass is 15.3. The van der Waals surface area contributed by atoms with Gasteiger partial charge < -0.3 is 0 Å². The quantitative estimate of drug-likeness (QED) is 0.507. The largest absolute Gasteiger partial charge is 0.253 e. The van der Waals surface area contributed by atoms with Crippen LogP contribution in [-0.4, -0.2) is 14.8 Å². The highest BCUT2D eigenvalue weighted by Gasteiger charge is 2.11. The molecule has 0 unspecified atom stereocenters. The third kappa shape index (κ3) is 2.93. The van der Waals surface area contributed by atoms with Gasteiger partial charge in [-0.15, -0.1) is 0 Å². The van der Waals surface area contributed by atoms with Crippen LogP contribution in [0.2, 0.25) is 0 Å². The van der Waals surface area contributed by atoms with Crippen molar-refractivity contribution in [2.24, 2.45) is 0 Å². The van der Waals surface area contributed by atoms with Crippen LogP contribution in [0.25, 0.3) is 22.7 Å². The minimum Gasteiger partial charge on any atom is -0.253 e. The second-order valence-electron chi connectivity index (χ2n) is 6.61. The number of benzene rings is 2. The van der Waals surface area contributed by atoms with Crippen molar-refractivity contribution in [3.8, 4) is 5.69 Å². The van der Waals surface area contributed by atoms with E-state index in [0.717, 1.165) is 23.3 Å². The summed E-state index contributed by atoms with van der Waals surface area (Å²) in [5, 5.41) is 5.45. The molecule has 26 heavy (non-hydrogen) atoms. The first-order chi connectivity index (χ1) is 12.7. The van der Waals surface area contributed by atoms with Gasteiger partial charge in [0.05, 0.1) is 11.2 Å². The Bertz CT molecular complexity index is 1070. The molecule has 2 aromatic carbocycles. The normalized spacial score (nSPS) is 11.0. The van der Waals surface area contributed by atoms with Crippen molar-refractivity contribution < 1.29 is 0 Å². The van der Waals surface area contributed by atoms with Gasteiger partial charge in [-0.2, -0.15) is 5.10 Å². The van der Waals surface area contributed by atoms with Gasteiger partial charge in [-0.05, 0) is 67.3 Å². The van der Waals surface area contributed by atoms with Gasteiger partial charge in [0.25, 0.3) is 0 Å². The van der Waals surface area contributed by atoms with Crippen molar-refractivity contribution in [3.63, 3.8) is 0 Å². The van der Waals surface area contributed by atoms with E-state index < -0.39 is 0 Å². The van der Waals surface area contributed by atoms with Crippen molar-refractivity contribution in [2.45, 2.75) is 20.3 Å². The summed E-state index contributed by atoms with van der Waals surface area (Å²) < 4.78 is 1.87. The van der Waals surface area contributed by atoms with Gasteiger partial charge in [-0.25, -0.2) is 4.68 Å². The fraction of sp³-hybridized carbons (Fsp3) is 0.130. The maximum Gasteiger partial charge on any atom is 0.0711 e. The van der Waals surface area contributed by atoms with Crippen molar-refractivity contribution in [2.75, 3.05) is 0 Å². The zero-order valence-corrected chi connectivity index (χ0v) is 15.1. The number of hydrogen-bond donors (Lipinski definition) is 0. The molecule has 3 heteroatoms. The first kappa shape index (κ1) is 16.3. The molecule has 0 aliphatic heterocycles. The Hall–Kier alpha value is -3.20. The molecule has 0 saturated carbocycles. The lowest BCUT2D eigenvalue weighted by Crippen LogP contribution is -2.01. The molecule has 4 rings (SSSR count). The standard InChI is InChI=1S/C23H21N3/c1-4-20-21(17(3)25-23-11-6-16(2)14-22(20)23)15-18-7-9-19(10-8-18)26-13-5-12-24-26/h4-14H,1,15H2,2-3H3. The van der Waals surface area contributed by atoms with Crippen LogP contribution in [0, 0.1) is 13.8 Å². The van der Waals surface area contributed by atoms with Crippen LogP contribution in [0.5, 0.6) is 0 Å². The topological polar surface area (TPSA) is 30.7 Å². The molecule has 0 amide bonds. The predicted molar refractivity (Wildman–Crippen MR) is 108 cm³/mol. The Kier molecular flexibility index (Phi) is 4.13. The monoisotopic (exact) mass is 339 g/mol. The summed E-state index contributed by atoms with van der Waals surface area (Å²) >= 11 is 0. The van der Waals surface area contributed by atoms with Gasteiger partial charge >= 0.3 is 0 Å². The Balaban J connectivity index is 1.75. The van der Waals surface area contributed by atoms with Gasteiger partial charge in [0.15, 0.2) is 0 Å². The third-order valence-corrected chi connectivity index (χ3v) is 4.78. The molecule has 0 N–H and O–H groups in total. The van der Waals surface area contributed by atoms with Crippen LogP contribution in [0.1, 0.15) is 27.9 Å². The molecule has 4 aromatic rings. The number of nitrogens with zero attached hydrogens (tertiary/aromatic N) is 3. The third-order valence-electron chi connectivity index (χ3n) is 4.78. The van der Waals surface area contributed by atoms with Crippen molar-refractivity contribution in [3.05, 3.63) is 95.5 Å². The summed E-state index contributed by atoms with van der Waals surface area (Å²) in [6.07, 6.45) is 6.54. The van der Waals surface area contributed by atoms with Gasteiger partial charge in [-0.3, -0.25) is 4.98 Å². The Morgan fingerprint density at radius 1 is 1.08 bits per heavy atom. The summed E-state index contributed by atoms with van der Waals surface area (Å²) in [5.74, 6) is 0. The van der Waals surface area contributed by atoms with Crippen LogP contribution in [-0.2, 0) is 6.42 Å². The summed E-state index contributed by atoms with van der Waals surface area (Å²) in [7, 11) is 0. The van der Waals surface area contributed by atoms with E-state index in [1.807, 2.05) is 23.0 Å². The van der Waals surface area contributed by atoms with E-state index in [-0.39, 0.29) is 0 Å². The van der Waals surface area contributed by atoms with E-state index >= 15 is 0 Å². The van der Waals surface area contributed by atoms with Gasteiger partial charge in [0.2, 0.25) is 0 Å². The van der Waals surface area contributed by atoms with Gasteiger partial charge in [-0.1, -0.05) is 36.4 Å². The maximum atomic E-state index is 4.82. The molecule has 0 saturated heterocycles.